The summed E-state index contributed by atoms with van der Waals surface area (Å²) in [7, 11) is 1.89. The Labute approximate surface area is 156 Å². The molecule has 1 fully saturated rings. The molecule has 136 valence electrons. The van der Waals surface area contributed by atoms with Crippen LogP contribution in [-0.2, 0) is 13.5 Å². The van der Waals surface area contributed by atoms with Gasteiger partial charge in [-0.3, -0.25) is 9.48 Å². The molecule has 1 N–H and O–H groups in total. The minimum Gasteiger partial charge on any atom is -0.365 e. The second-order valence-corrected chi connectivity index (χ2v) is 7.51. The molecule has 1 aliphatic heterocycles. The summed E-state index contributed by atoms with van der Waals surface area (Å²) >= 11 is 1.50. The van der Waals surface area contributed by atoms with Gasteiger partial charge in [-0.25, -0.2) is 9.97 Å². The number of piperidine rings is 1. The van der Waals surface area contributed by atoms with Crippen LogP contribution in [0.5, 0.6) is 0 Å². The number of rotatable bonds is 4. The average molecular weight is 370 g/mol. The molecule has 1 saturated heterocycles. The van der Waals surface area contributed by atoms with Crippen molar-refractivity contribution in [2.45, 2.75) is 32.2 Å². The quantitative estimate of drug-likeness (QED) is 0.764. The number of carbonyl (C=O) groups excluding carboxylic acids is 1. The first kappa shape index (κ1) is 17.0. The highest BCUT2D eigenvalue weighted by molar-refractivity contribution is 7.12. The van der Waals surface area contributed by atoms with E-state index in [-0.39, 0.29) is 11.9 Å². The summed E-state index contributed by atoms with van der Waals surface area (Å²) in [6, 6.07) is 3.99. The Morgan fingerprint density at radius 2 is 2.31 bits per heavy atom. The number of aromatic nitrogens is 4. The lowest BCUT2D eigenvalue weighted by Gasteiger charge is -2.33. The van der Waals surface area contributed by atoms with Crippen LogP contribution in [0.3, 0.4) is 0 Å². The van der Waals surface area contributed by atoms with E-state index in [0.29, 0.717) is 6.54 Å². The Balaban J connectivity index is 1.55. The Morgan fingerprint density at radius 3 is 3.08 bits per heavy atom. The van der Waals surface area contributed by atoms with Gasteiger partial charge in [0.1, 0.15) is 11.6 Å². The van der Waals surface area contributed by atoms with Crippen LogP contribution in [-0.4, -0.2) is 49.7 Å². The highest BCUT2D eigenvalue weighted by Gasteiger charge is 2.26. The van der Waals surface area contributed by atoms with Crippen molar-refractivity contribution >= 4 is 34.1 Å². The third-order valence-corrected chi connectivity index (χ3v) is 5.59. The number of nitrogens with one attached hydrogen (secondary N) is 1. The molecular formula is C18H22N6OS. The fraction of sp³-hybridized carbons (Fsp3) is 0.444. The van der Waals surface area contributed by atoms with Crippen molar-refractivity contribution < 1.29 is 4.79 Å². The molecule has 3 aromatic rings. The molecule has 7 nitrogen and oxygen atoms in total. The second-order valence-electron chi connectivity index (χ2n) is 6.56. The number of carbonyl (C=O) groups is 1. The standard InChI is InChI=1S/C18H22N6OS/c1-3-15-21-16(13-10-19-23(2)17(13)22-15)20-12-6-4-8-24(11-12)18(25)14-7-5-9-26-14/h5,7,9-10,12H,3-4,6,8,11H2,1-2H3,(H,20,21,22)/t12-/m1/s1. The highest BCUT2D eigenvalue weighted by atomic mass is 32.1. The van der Waals surface area contributed by atoms with Crippen LogP contribution >= 0.6 is 11.3 Å². The molecule has 0 spiro atoms. The van der Waals surface area contributed by atoms with Crippen molar-refractivity contribution in [3.8, 4) is 0 Å². The number of hydrogen-bond acceptors (Lipinski definition) is 6. The number of hydrogen-bond donors (Lipinski definition) is 1. The van der Waals surface area contributed by atoms with Gasteiger partial charge in [0, 0.05) is 32.6 Å². The molecule has 1 amide bonds. The lowest BCUT2D eigenvalue weighted by atomic mass is 10.1. The van der Waals surface area contributed by atoms with Crippen LogP contribution in [0.15, 0.2) is 23.7 Å². The molecule has 8 heteroatoms. The maximum Gasteiger partial charge on any atom is 0.263 e. The van der Waals surface area contributed by atoms with Crippen molar-refractivity contribution in [1.82, 2.24) is 24.6 Å². The zero-order valence-electron chi connectivity index (χ0n) is 15.0. The van der Waals surface area contributed by atoms with Gasteiger partial charge in [-0.15, -0.1) is 11.3 Å². The minimum atomic E-state index is 0.120. The molecule has 0 saturated carbocycles. The third kappa shape index (κ3) is 3.16. The van der Waals surface area contributed by atoms with Crippen LogP contribution in [0.4, 0.5) is 5.82 Å². The zero-order chi connectivity index (χ0) is 18.1. The van der Waals surface area contributed by atoms with Gasteiger partial charge in [0.25, 0.3) is 5.91 Å². The van der Waals surface area contributed by atoms with E-state index in [9.17, 15) is 4.79 Å². The summed E-state index contributed by atoms with van der Waals surface area (Å²) in [5.41, 5.74) is 0.835. The molecule has 0 aliphatic carbocycles. The number of fused-ring (bicyclic) bond motifs is 1. The topological polar surface area (TPSA) is 75.9 Å². The molecule has 26 heavy (non-hydrogen) atoms. The van der Waals surface area contributed by atoms with E-state index in [2.05, 4.69) is 20.4 Å². The van der Waals surface area contributed by atoms with E-state index in [4.69, 9.17) is 0 Å². The molecule has 1 aliphatic rings. The van der Waals surface area contributed by atoms with E-state index in [1.54, 1.807) is 10.9 Å². The summed E-state index contributed by atoms with van der Waals surface area (Å²) in [6.45, 7) is 3.54. The predicted molar refractivity (Wildman–Crippen MR) is 103 cm³/mol. The molecule has 0 unspecified atom stereocenters. The lowest BCUT2D eigenvalue weighted by Crippen LogP contribution is -2.45. The number of nitrogens with zero attached hydrogens (tertiary/aromatic N) is 5. The molecule has 0 bridgehead atoms. The minimum absolute atomic E-state index is 0.120. The van der Waals surface area contributed by atoms with Crippen molar-refractivity contribution in [1.29, 1.82) is 0 Å². The number of amides is 1. The van der Waals surface area contributed by atoms with Crippen LogP contribution in [0, 0.1) is 0 Å². The van der Waals surface area contributed by atoms with Crippen molar-refractivity contribution in [3.63, 3.8) is 0 Å². The van der Waals surface area contributed by atoms with Gasteiger partial charge in [0.15, 0.2) is 5.65 Å². The molecule has 4 rings (SSSR count). The smallest absolute Gasteiger partial charge is 0.263 e. The molecule has 1 atom stereocenters. The number of anilines is 1. The van der Waals surface area contributed by atoms with Gasteiger partial charge in [0.05, 0.1) is 16.5 Å². The number of thiophene rings is 1. The molecule has 3 aromatic heterocycles. The summed E-state index contributed by atoms with van der Waals surface area (Å²) in [6.07, 6.45) is 4.57. The predicted octanol–water partition coefficient (Wildman–Crippen LogP) is 2.70. The van der Waals surface area contributed by atoms with Crippen molar-refractivity contribution in [2.75, 3.05) is 18.4 Å². The summed E-state index contributed by atoms with van der Waals surface area (Å²) in [4.78, 5) is 24.6. The zero-order valence-corrected chi connectivity index (χ0v) is 15.8. The number of aryl methyl sites for hydroxylation is 2. The van der Waals surface area contributed by atoms with Crippen molar-refractivity contribution in [2.24, 2.45) is 7.05 Å². The Bertz CT molecular complexity index is 919. The lowest BCUT2D eigenvalue weighted by molar-refractivity contribution is 0.0719. The Kier molecular flexibility index (Phi) is 4.58. The third-order valence-electron chi connectivity index (χ3n) is 4.74. The van der Waals surface area contributed by atoms with Gasteiger partial charge in [-0.05, 0) is 24.3 Å². The highest BCUT2D eigenvalue weighted by Crippen LogP contribution is 2.24. The van der Waals surface area contributed by atoms with Gasteiger partial charge in [0.2, 0.25) is 0 Å². The summed E-state index contributed by atoms with van der Waals surface area (Å²) < 4.78 is 1.77. The van der Waals surface area contributed by atoms with Gasteiger partial charge < -0.3 is 10.2 Å². The van der Waals surface area contributed by atoms with E-state index in [0.717, 1.165) is 53.4 Å². The monoisotopic (exact) mass is 370 g/mol. The largest absolute Gasteiger partial charge is 0.365 e. The first-order valence-corrected chi connectivity index (χ1v) is 9.81. The van der Waals surface area contributed by atoms with Crippen LogP contribution in [0.25, 0.3) is 11.0 Å². The molecule has 4 heterocycles. The first-order valence-electron chi connectivity index (χ1n) is 8.93. The normalized spacial score (nSPS) is 17.6. The summed E-state index contributed by atoms with van der Waals surface area (Å²) in [5.74, 6) is 1.73. The molecular weight excluding hydrogens is 348 g/mol. The van der Waals surface area contributed by atoms with Crippen LogP contribution in [0.1, 0.15) is 35.3 Å². The fourth-order valence-corrected chi connectivity index (χ4v) is 4.06. The van der Waals surface area contributed by atoms with Gasteiger partial charge in [-0.1, -0.05) is 13.0 Å². The van der Waals surface area contributed by atoms with E-state index in [1.165, 1.54) is 11.3 Å². The van der Waals surface area contributed by atoms with Crippen LogP contribution in [0.2, 0.25) is 0 Å². The van der Waals surface area contributed by atoms with E-state index < -0.39 is 0 Å². The molecule has 0 radical (unpaired) electrons. The van der Waals surface area contributed by atoms with Crippen LogP contribution < -0.4 is 5.32 Å². The van der Waals surface area contributed by atoms with E-state index in [1.807, 2.05) is 36.4 Å². The van der Waals surface area contributed by atoms with Gasteiger partial charge in [-0.2, -0.15) is 5.10 Å². The number of likely N-dealkylation sites (tertiary alicyclic amines) is 1. The SMILES string of the molecule is CCc1nc(N[C@@H]2CCCN(C(=O)c3cccs3)C2)c2cnn(C)c2n1. The second kappa shape index (κ2) is 7.03. The first-order chi connectivity index (χ1) is 12.7. The Hall–Kier alpha value is -2.48. The summed E-state index contributed by atoms with van der Waals surface area (Å²) in [5, 5.41) is 10.7. The maximum atomic E-state index is 12.6. The van der Waals surface area contributed by atoms with Gasteiger partial charge >= 0.3 is 0 Å². The maximum absolute atomic E-state index is 12.6. The van der Waals surface area contributed by atoms with E-state index >= 15 is 0 Å². The average Bonchev–Trinajstić information content (AvgIpc) is 3.32. The molecule has 0 aromatic carbocycles. The van der Waals surface area contributed by atoms with Crippen molar-refractivity contribution in [3.05, 3.63) is 34.4 Å². The fourth-order valence-electron chi connectivity index (χ4n) is 3.36. The Morgan fingerprint density at radius 1 is 1.42 bits per heavy atom.